The van der Waals surface area contributed by atoms with Crippen molar-refractivity contribution >= 4 is 23.6 Å². The van der Waals surface area contributed by atoms with Crippen molar-refractivity contribution in [3.8, 4) is 23.0 Å². The molecule has 28 heavy (non-hydrogen) atoms. The van der Waals surface area contributed by atoms with Gasteiger partial charge in [-0.3, -0.25) is 9.59 Å². The maximum atomic E-state index is 12.3. The molecule has 148 valence electrons. The highest BCUT2D eigenvalue weighted by Crippen LogP contribution is 2.30. The summed E-state index contributed by atoms with van der Waals surface area (Å²) in [5, 5.41) is 2.74. The number of benzene rings is 2. The summed E-state index contributed by atoms with van der Waals surface area (Å²) >= 11 is 0. The molecule has 2 amide bonds. The normalized spacial score (nSPS) is 10.4. The maximum Gasteiger partial charge on any atom is 0.255 e. The molecule has 0 saturated carbocycles. The molecule has 0 atom stereocenters. The Kier molecular flexibility index (Phi) is 7.27. The molecule has 0 radical (unpaired) electrons. The van der Waals surface area contributed by atoms with Crippen molar-refractivity contribution in [2.75, 3.05) is 33.3 Å². The number of carbonyl (C=O) groups excluding carboxylic acids is 2. The highest BCUT2D eigenvalue weighted by molar-refractivity contribution is 6.03. The van der Waals surface area contributed by atoms with E-state index in [1.54, 1.807) is 42.5 Å². The minimum atomic E-state index is -0.587. The van der Waals surface area contributed by atoms with Gasteiger partial charge in [-0.25, -0.2) is 0 Å². The van der Waals surface area contributed by atoms with Crippen LogP contribution in [0.4, 0.5) is 5.69 Å². The van der Waals surface area contributed by atoms with Gasteiger partial charge < -0.3 is 30.0 Å². The minimum Gasteiger partial charge on any atom is -0.497 e. The molecular formula is C20H22N2O6. The number of nitrogens with two attached hydrogens (primary N) is 1. The number of amides is 2. The van der Waals surface area contributed by atoms with Crippen LogP contribution in [0.25, 0.3) is 6.08 Å². The van der Waals surface area contributed by atoms with Gasteiger partial charge in [0.05, 0.1) is 27.0 Å². The van der Waals surface area contributed by atoms with Crippen LogP contribution >= 0.6 is 0 Å². The number of hydrogen-bond acceptors (Lipinski definition) is 6. The van der Waals surface area contributed by atoms with Gasteiger partial charge in [-0.05, 0) is 35.9 Å². The Bertz CT molecular complexity index is 879. The first kappa shape index (κ1) is 20.6. The summed E-state index contributed by atoms with van der Waals surface area (Å²) < 4.78 is 20.9. The quantitative estimate of drug-likeness (QED) is 0.640. The van der Waals surface area contributed by atoms with Crippen LogP contribution in [0.2, 0.25) is 0 Å². The van der Waals surface area contributed by atoms with Crippen molar-refractivity contribution in [3.63, 3.8) is 0 Å². The molecule has 0 unspecified atom stereocenters. The van der Waals surface area contributed by atoms with Crippen molar-refractivity contribution in [2.24, 2.45) is 5.73 Å². The van der Waals surface area contributed by atoms with Crippen molar-refractivity contribution in [2.45, 2.75) is 0 Å². The highest BCUT2D eigenvalue weighted by Gasteiger charge is 2.09. The number of methoxy groups -OCH3 is 3. The van der Waals surface area contributed by atoms with Crippen molar-refractivity contribution < 1.29 is 28.5 Å². The van der Waals surface area contributed by atoms with E-state index in [1.807, 2.05) is 0 Å². The second kappa shape index (κ2) is 9.86. The van der Waals surface area contributed by atoms with Gasteiger partial charge in [0.25, 0.3) is 5.91 Å². The van der Waals surface area contributed by atoms with Crippen LogP contribution in [0.5, 0.6) is 23.0 Å². The molecule has 0 saturated heterocycles. The van der Waals surface area contributed by atoms with E-state index >= 15 is 0 Å². The topological polar surface area (TPSA) is 109 Å². The highest BCUT2D eigenvalue weighted by atomic mass is 16.5. The standard InChI is InChI=1S/C20H22N2O6/c1-25-14-6-8-16(26-2)15(11-14)22-20(24)9-5-13-4-7-17(18(10-13)27-3)28-12-19(21)23/h4-11H,12H2,1-3H3,(H2,21,23)(H,22,24)/b9-5+. The third kappa shape index (κ3) is 5.66. The predicted octanol–water partition coefficient (Wildman–Crippen LogP) is 2.23. The number of ether oxygens (including phenoxy) is 4. The number of anilines is 1. The molecule has 2 aromatic rings. The van der Waals surface area contributed by atoms with Gasteiger partial charge >= 0.3 is 0 Å². The molecular weight excluding hydrogens is 364 g/mol. The van der Waals surface area contributed by atoms with Gasteiger partial charge in [-0.2, -0.15) is 0 Å². The fraction of sp³-hybridized carbons (Fsp3) is 0.200. The molecule has 2 aromatic carbocycles. The van der Waals surface area contributed by atoms with Crippen LogP contribution in [0.15, 0.2) is 42.5 Å². The molecule has 0 aliphatic rings. The molecule has 0 bridgehead atoms. The fourth-order valence-electron chi connectivity index (χ4n) is 2.31. The summed E-state index contributed by atoms with van der Waals surface area (Å²) in [6, 6.07) is 10.1. The summed E-state index contributed by atoms with van der Waals surface area (Å²) in [5.74, 6) is 0.967. The summed E-state index contributed by atoms with van der Waals surface area (Å²) in [5.41, 5.74) is 6.26. The first-order valence-electron chi connectivity index (χ1n) is 8.27. The number of primary amides is 1. The van der Waals surface area contributed by atoms with E-state index in [0.717, 1.165) is 0 Å². The van der Waals surface area contributed by atoms with Gasteiger partial charge in [-0.15, -0.1) is 0 Å². The molecule has 0 aliphatic heterocycles. The SMILES string of the molecule is COc1ccc(OC)c(NC(=O)/C=C/c2ccc(OCC(N)=O)c(OC)c2)c1. The van der Waals surface area contributed by atoms with Crippen LogP contribution in [0.3, 0.4) is 0 Å². The number of nitrogens with one attached hydrogen (secondary N) is 1. The number of rotatable bonds is 9. The maximum absolute atomic E-state index is 12.3. The van der Waals surface area contributed by atoms with Crippen LogP contribution in [0.1, 0.15) is 5.56 Å². The van der Waals surface area contributed by atoms with E-state index in [1.165, 1.54) is 27.4 Å². The zero-order valence-corrected chi connectivity index (χ0v) is 15.9. The van der Waals surface area contributed by atoms with Crippen LogP contribution in [-0.4, -0.2) is 39.8 Å². The smallest absolute Gasteiger partial charge is 0.255 e. The van der Waals surface area contributed by atoms with Gasteiger partial charge in [0.1, 0.15) is 11.5 Å². The largest absolute Gasteiger partial charge is 0.497 e. The summed E-state index contributed by atoms with van der Waals surface area (Å²) in [7, 11) is 4.53. The minimum absolute atomic E-state index is 0.254. The van der Waals surface area contributed by atoms with Gasteiger partial charge in [-0.1, -0.05) is 6.07 Å². The van der Waals surface area contributed by atoms with Crippen LogP contribution in [-0.2, 0) is 9.59 Å². The Balaban J connectivity index is 2.10. The Hall–Kier alpha value is -3.68. The second-order valence-corrected chi connectivity index (χ2v) is 5.55. The van der Waals surface area contributed by atoms with Crippen LogP contribution in [0, 0.1) is 0 Å². The predicted molar refractivity (Wildman–Crippen MR) is 105 cm³/mol. The molecule has 8 heteroatoms. The zero-order valence-electron chi connectivity index (χ0n) is 15.9. The van der Waals surface area contributed by atoms with E-state index in [2.05, 4.69) is 5.32 Å². The van der Waals surface area contributed by atoms with Gasteiger partial charge in [0.15, 0.2) is 18.1 Å². The Morgan fingerprint density at radius 1 is 0.964 bits per heavy atom. The lowest BCUT2D eigenvalue weighted by Gasteiger charge is -2.11. The number of carbonyl (C=O) groups is 2. The number of hydrogen-bond donors (Lipinski definition) is 2. The van der Waals surface area contributed by atoms with Crippen LogP contribution < -0.4 is 30.0 Å². The molecule has 8 nitrogen and oxygen atoms in total. The van der Waals surface area contributed by atoms with Crippen molar-refractivity contribution in [3.05, 3.63) is 48.0 Å². The van der Waals surface area contributed by atoms with Gasteiger partial charge in [0.2, 0.25) is 5.91 Å². The Morgan fingerprint density at radius 2 is 1.68 bits per heavy atom. The monoisotopic (exact) mass is 386 g/mol. The van der Waals surface area contributed by atoms with E-state index in [9.17, 15) is 9.59 Å². The summed E-state index contributed by atoms with van der Waals surface area (Å²) in [4.78, 5) is 23.1. The lowest BCUT2D eigenvalue weighted by molar-refractivity contribution is -0.120. The fourth-order valence-corrected chi connectivity index (χ4v) is 2.31. The van der Waals surface area contributed by atoms with Crippen molar-refractivity contribution in [1.29, 1.82) is 0 Å². The first-order valence-corrected chi connectivity index (χ1v) is 8.27. The molecule has 0 spiro atoms. The first-order chi connectivity index (χ1) is 13.5. The third-order valence-electron chi connectivity index (χ3n) is 3.65. The lowest BCUT2D eigenvalue weighted by atomic mass is 10.2. The zero-order chi connectivity index (χ0) is 20.5. The average Bonchev–Trinajstić information content (AvgIpc) is 2.70. The molecule has 0 aromatic heterocycles. The van der Waals surface area contributed by atoms with E-state index < -0.39 is 5.91 Å². The molecule has 0 heterocycles. The van der Waals surface area contributed by atoms with Crippen molar-refractivity contribution in [1.82, 2.24) is 0 Å². The lowest BCUT2D eigenvalue weighted by Crippen LogP contribution is -2.20. The second-order valence-electron chi connectivity index (χ2n) is 5.55. The molecule has 3 N–H and O–H groups in total. The third-order valence-corrected chi connectivity index (χ3v) is 3.65. The van der Waals surface area contributed by atoms with Gasteiger partial charge in [0, 0.05) is 12.1 Å². The van der Waals surface area contributed by atoms with E-state index in [0.29, 0.717) is 34.2 Å². The van der Waals surface area contributed by atoms with E-state index in [-0.39, 0.29) is 12.5 Å². The van der Waals surface area contributed by atoms with E-state index in [4.69, 9.17) is 24.7 Å². The average molecular weight is 386 g/mol. The Morgan fingerprint density at radius 3 is 2.32 bits per heavy atom. The molecule has 0 aliphatic carbocycles. The molecule has 2 rings (SSSR count). The molecule has 0 fully saturated rings. The summed E-state index contributed by atoms with van der Waals surface area (Å²) in [6.07, 6.45) is 2.99. The summed E-state index contributed by atoms with van der Waals surface area (Å²) in [6.45, 7) is -0.254. The Labute approximate surface area is 162 Å².